The maximum atomic E-state index is 13.8. The molecule has 0 aliphatic carbocycles. The molecule has 102 valence electrons. The van der Waals surface area contributed by atoms with Crippen molar-refractivity contribution in [1.82, 2.24) is 0 Å². The van der Waals surface area contributed by atoms with E-state index in [4.69, 9.17) is 10.00 Å². The summed E-state index contributed by atoms with van der Waals surface area (Å²) in [5, 5.41) is 11.4. The maximum Gasteiger partial charge on any atom is 0.150 e. The van der Waals surface area contributed by atoms with Crippen LogP contribution in [0.5, 0.6) is 0 Å². The maximum absolute atomic E-state index is 13.8. The zero-order chi connectivity index (χ0) is 14.5. The summed E-state index contributed by atoms with van der Waals surface area (Å²) in [7, 11) is 1.54. The first-order chi connectivity index (χ1) is 9.65. The molecule has 1 N–H and O–H groups in total. The van der Waals surface area contributed by atoms with Crippen LogP contribution in [-0.4, -0.2) is 7.11 Å². The number of methoxy groups -OCH3 is 1. The fourth-order valence-electron chi connectivity index (χ4n) is 1.82. The van der Waals surface area contributed by atoms with Crippen LogP contribution in [0.4, 0.5) is 20.2 Å². The topological polar surface area (TPSA) is 45.0 Å². The van der Waals surface area contributed by atoms with Gasteiger partial charge in [0, 0.05) is 18.4 Å². The van der Waals surface area contributed by atoms with Crippen molar-refractivity contribution in [2.75, 3.05) is 12.4 Å². The summed E-state index contributed by atoms with van der Waals surface area (Å²) in [4.78, 5) is 0. The highest BCUT2D eigenvalue weighted by atomic mass is 19.1. The lowest BCUT2D eigenvalue weighted by Gasteiger charge is -2.13. The minimum Gasteiger partial charge on any atom is -0.380 e. The summed E-state index contributed by atoms with van der Waals surface area (Å²) >= 11 is 0. The number of nitrogens with one attached hydrogen (secondary N) is 1. The monoisotopic (exact) mass is 274 g/mol. The number of hydrogen-bond donors (Lipinski definition) is 1. The SMILES string of the molecule is COCc1ccccc1Nc1c(F)cc(C#N)cc1F. The second-order valence-corrected chi connectivity index (χ2v) is 4.14. The summed E-state index contributed by atoms with van der Waals surface area (Å²) in [6.45, 7) is 0.322. The largest absolute Gasteiger partial charge is 0.380 e. The van der Waals surface area contributed by atoms with Crippen LogP contribution in [0.2, 0.25) is 0 Å². The Kier molecular flexibility index (Phi) is 4.28. The van der Waals surface area contributed by atoms with Crippen LogP contribution in [0.3, 0.4) is 0 Å². The number of nitrogens with zero attached hydrogens (tertiary/aromatic N) is 1. The summed E-state index contributed by atoms with van der Waals surface area (Å²) in [5.74, 6) is -1.62. The van der Waals surface area contributed by atoms with Gasteiger partial charge in [-0.3, -0.25) is 0 Å². The first kappa shape index (κ1) is 14.0. The zero-order valence-electron chi connectivity index (χ0n) is 10.8. The van der Waals surface area contributed by atoms with Gasteiger partial charge >= 0.3 is 0 Å². The van der Waals surface area contributed by atoms with Gasteiger partial charge in [-0.1, -0.05) is 18.2 Å². The van der Waals surface area contributed by atoms with Gasteiger partial charge in [-0.05, 0) is 18.2 Å². The van der Waals surface area contributed by atoms with Crippen LogP contribution in [0, 0.1) is 23.0 Å². The Labute approximate surface area is 115 Å². The average molecular weight is 274 g/mol. The summed E-state index contributed by atoms with van der Waals surface area (Å²) in [6, 6.07) is 10.7. The Balaban J connectivity index is 2.38. The molecule has 2 aromatic rings. The van der Waals surface area contributed by atoms with Crippen molar-refractivity contribution in [3.8, 4) is 6.07 Å². The number of nitriles is 1. The fraction of sp³-hybridized carbons (Fsp3) is 0.133. The molecule has 0 aliphatic rings. The lowest BCUT2D eigenvalue weighted by atomic mass is 10.1. The van der Waals surface area contributed by atoms with Gasteiger partial charge in [-0.2, -0.15) is 5.26 Å². The highest BCUT2D eigenvalue weighted by Crippen LogP contribution is 2.27. The molecule has 5 heteroatoms. The van der Waals surface area contributed by atoms with Gasteiger partial charge in [0.05, 0.1) is 18.2 Å². The second kappa shape index (κ2) is 6.13. The predicted octanol–water partition coefficient (Wildman–Crippen LogP) is 3.73. The van der Waals surface area contributed by atoms with Gasteiger partial charge in [0.1, 0.15) is 5.69 Å². The zero-order valence-corrected chi connectivity index (χ0v) is 10.8. The van der Waals surface area contributed by atoms with Crippen molar-refractivity contribution in [1.29, 1.82) is 5.26 Å². The molecule has 0 saturated heterocycles. The average Bonchev–Trinajstić information content (AvgIpc) is 2.44. The Bertz CT molecular complexity index is 642. The first-order valence-corrected chi connectivity index (χ1v) is 5.88. The Morgan fingerprint density at radius 3 is 2.45 bits per heavy atom. The third-order valence-electron chi connectivity index (χ3n) is 2.75. The highest BCUT2D eigenvalue weighted by Gasteiger charge is 2.13. The number of hydrogen-bond acceptors (Lipinski definition) is 3. The number of halogens is 2. The number of ether oxygens (including phenoxy) is 1. The smallest absolute Gasteiger partial charge is 0.150 e. The van der Waals surface area contributed by atoms with Gasteiger partial charge in [0.2, 0.25) is 0 Å². The van der Waals surface area contributed by atoms with Crippen LogP contribution in [0.25, 0.3) is 0 Å². The molecule has 0 heterocycles. The van der Waals surface area contributed by atoms with Gasteiger partial charge in [-0.15, -0.1) is 0 Å². The standard InChI is InChI=1S/C15H12F2N2O/c1-20-9-11-4-2-3-5-14(11)19-15-12(16)6-10(8-18)7-13(15)17/h2-7,19H,9H2,1H3. The van der Waals surface area contributed by atoms with E-state index in [0.717, 1.165) is 17.7 Å². The highest BCUT2D eigenvalue weighted by molar-refractivity contribution is 5.64. The first-order valence-electron chi connectivity index (χ1n) is 5.88. The molecule has 0 fully saturated rings. The molecular formula is C15H12F2N2O. The Morgan fingerprint density at radius 2 is 1.85 bits per heavy atom. The molecule has 0 bridgehead atoms. The third-order valence-corrected chi connectivity index (χ3v) is 2.75. The Morgan fingerprint density at radius 1 is 1.20 bits per heavy atom. The molecule has 0 aliphatic heterocycles. The number of anilines is 2. The molecule has 2 aromatic carbocycles. The molecule has 0 atom stereocenters. The molecule has 0 saturated carbocycles. The van der Waals surface area contributed by atoms with E-state index in [1.165, 1.54) is 0 Å². The summed E-state index contributed by atoms with van der Waals surface area (Å²) < 4.78 is 32.7. The quantitative estimate of drug-likeness (QED) is 0.924. The van der Waals surface area contributed by atoms with Gasteiger partial charge < -0.3 is 10.1 Å². The van der Waals surface area contributed by atoms with Crippen LogP contribution < -0.4 is 5.32 Å². The number of para-hydroxylation sites is 1. The van der Waals surface area contributed by atoms with Crippen LogP contribution in [0.15, 0.2) is 36.4 Å². The molecule has 0 aromatic heterocycles. The molecular weight excluding hydrogens is 262 g/mol. The van der Waals surface area contributed by atoms with E-state index in [1.807, 2.05) is 6.07 Å². The van der Waals surface area contributed by atoms with Crippen LogP contribution in [0.1, 0.15) is 11.1 Å². The molecule has 0 radical (unpaired) electrons. The second-order valence-electron chi connectivity index (χ2n) is 4.14. The van der Waals surface area contributed by atoms with Crippen LogP contribution in [-0.2, 0) is 11.3 Å². The molecule has 0 amide bonds. The summed E-state index contributed by atoms with van der Waals surface area (Å²) in [5.41, 5.74) is 0.985. The minimum absolute atomic E-state index is 0.0595. The van der Waals surface area contributed by atoms with Crippen LogP contribution >= 0.6 is 0 Å². The molecule has 20 heavy (non-hydrogen) atoms. The van der Waals surface area contributed by atoms with E-state index in [9.17, 15) is 8.78 Å². The van der Waals surface area contributed by atoms with Gasteiger partial charge in [0.25, 0.3) is 0 Å². The predicted molar refractivity (Wildman–Crippen MR) is 71.5 cm³/mol. The summed E-state index contributed by atoms with van der Waals surface area (Å²) in [6.07, 6.45) is 0. The van der Waals surface area contributed by atoms with E-state index >= 15 is 0 Å². The van der Waals surface area contributed by atoms with E-state index in [-0.39, 0.29) is 11.3 Å². The van der Waals surface area contributed by atoms with Crippen molar-refractivity contribution in [2.24, 2.45) is 0 Å². The van der Waals surface area contributed by atoms with Gasteiger partial charge in [0.15, 0.2) is 11.6 Å². The minimum atomic E-state index is -0.811. The molecule has 3 nitrogen and oxygen atoms in total. The molecule has 2 rings (SSSR count). The normalized spacial score (nSPS) is 10.1. The number of rotatable bonds is 4. The van der Waals surface area contributed by atoms with E-state index in [0.29, 0.717) is 12.3 Å². The lowest BCUT2D eigenvalue weighted by Crippen LogP contribution is -2.02. The van der Waals surface area contributed by atoms with Crippen molar-refractivity contribution < 1.29 is 13.5 Å². The molecule has 0 unspecified atom stereocenters. The number of benzene rings is 2. The fourth-order valence-corrected chi connectivity index (χ4v) is 1.82. The third kappa shape index (κ3) is 2.92. The van der Waals surface area contributed by atoms with Crippen molar-refractivity contribution in [2.45, 2.75) is 6.61 Å². The van der Waals surface area contributed by atoms with Crippen molar-refractivity contribution in [3.05, 3.63) is 59.2 Å². The van der Waals surface area contributed by atoms with E-state index in [2.05, 4.69) is 5.32 Å². The molecule has 0 spiro atoms. The van der Waals surface area contributed by atoms with E-state index in [1.54, 1.807) is 31.4 Å². The van der Waals surface area contributed by atoms with Crippen molar-refractivity contribution in [3.63, 3.8) is 0 Å². The van der Waals surface area contributed by atoms with E-state index < -0.39 is 11.6 Å². The lowest BCUT2D eigenvalue weighted by molar-refractivity contribution is 0.185. The van der Waals surface area contributed by atoms with Gasteiger partial charge in [-0.25, -0.2) is 8.78 Å². The van der Waals surface area contributed by atoms with Crippen molar-refractivity contribution >= 4 is 11.4 Å². The Hall–Kier alpha value is -2.45.